The molecule has 25 heavy (non-hydrogen) atoms. The summed E-state index contributed by atoms with van der Waals surface area (Å²) in [6.07, 6.45) is 3.97. The number of benzene rings is 2. The topological polar surface area (TPSA) is 66.7 Å². The molecule has 0 bridgehead atoms. The van der Waals surface area contributed by atoms with Crippen molar-refractivity contribution in [3.05, 3.63) is 54.1 Å². The molecule has 0 amide bonds. The molecule has 1 N–H and O–H groups in total. The summed E-state index contributed by atoms with van der Waals surface area (Å²) in [7, 11) is -2.28. The molecule has 2 aromatic rings. The molecule has 1 atom stereocenters. The van der Waals surface area contributed by atoms with Gasteiger partial charge in [-0.15, -0.1) is 11.8 Å². The molecule has 0 aliphatic rings. The number of hydrogen-bond acceptors (Lipinski definition) is 5. The van der Waals surface area contributed by atoms with Gasteiger partial charge in [0.05, 0.1) is 10.6 Å². The third-order valence-electron chi connectivity index (χ3n) is 3.41. The molecule has 0 saturated carbocycles. The summed E-state index contributed by atoms with van der Waals surface area (Å²) in [5, 5.41) is 7.33. The van der Waals surface area contributed by atoms with Gasteiger partial charge in [0.2, 0.25) is 0 Å². The molecule has 0 fully saturated rings. The van der Waals surface area contributed by atoms with E-state index in [9.17, 15) is 8.42 Å². The molecule has 0 aromatic heterocycles. The second-order valence-electron chi connectivity index (χ2n) is 5.38. The minimum atomic E-state index is -3.28. The van der Waals surface area contributed by atoms with Crippen LogP contribution in [0.2, 0.25) is 0 Å². The third kappa shape index (κ3) is 6.65. The van der Waals surface area contributed by atoms with Crippen molar-refractivity contribution in [1.29, 1.82) is 0 Å². The van der Waals surface area contributed by atoms with E-state index in [0.29, 0.717) is 10.1 Å². The molecule has 136 valence electrons. The minimum absolute atomic E-state index is 0.335. The van der Waals surface area contributed by atoms with E-state index in [-0.39, 0.29) is 0 Å². The van der Waals surface area contributed by atoms with E-state index >= 15 is 0 Å². The molecule has 6 heteroatoms. The van der Waals surface area contributed by atoms with E-state index < -0.39 is 9.84 Å². The van der Waals surface area contributed by atoms with Crippen LogP contribution in [0.15, 0.2) is 63.3 Å². The second-order valence-corrected chi connectivity index (χ2v) is 8.81. The lowest BCUT2D eigenvalue weighted by atomic mass is 10.2. The third-order valence-corrected chi connectivity index (χ3v) is 6.11. The number of aliphatic imine (C=N–C) groups is 1. The summed E-state index contributed by atoms with van der Waals surface area (Å²) in [6, 6.07) is 15.0. The average molecular weight is 380 g/mol. The van der Waals surface area contributed by atoms with Gasteiger partial charge in [-0.3, -0.25) is 4.99 Å². The maximum Gasteiger partial charge on any atom is 0.176 e. The van der Waals surface area contributed by atoms with Crippen LogP contribution in [0, 0.1) is 0 Å². The van der Waals surface area contributed by atoms with Crippen LogP contribution in [0.25, 0.3) is 0 Å². The van der Waals surface area contributed by atoms with E-state index in [0.717, 1.165) is 29.7 Å². The number of nitrogens with zero attached hydrogens (tertiary/aromatic N) is 1. The first-order chi connectivity index (χ1) is 11.9. The van der Waals surface area contributed by atoms with E-state index in [1.54, 1.807) is 30.1 Å². The van der Waals surface area contributed by atoms with Crippen molar-refractivity contribution >= 4 is 33.5 Å². The predicted molar refractivity (Wildman–Crippen MR) is 107 cm³/mol. The lowest BCUT2D eigenvalue weighted by Crippen LogP contribution is -2.04. The van der Waals surface area contributed by atoms with Crippen LogP contribution < -0.4 is 0 Å². The average Bonchev–Trinajstić information content (AvgIpc) is 2.62. The maximum absolute atomic E-state index is 12.1. The van der Waals surface area contributed by atoms with Crippen LogP contribution in [0.1, 0.15) is 25.8 Å². The van der Waals surface area contributed by atoms with Crippen LogP contribution >= 0.6 is 11.8 Å². The Labute approximate surface area is 154 Å². The van der Waals surface area contributed by atoms with E-state index in [1.807, 2.05) is 36.4 Å². The summed E-state index contributed by atoms with van der Waals surface area (Å²) >= 11 is 1.59. The van der Waals surface area contributed by atoms with Crippen LogP contribution in [-0.2, 0) is 9.84 Å². The normalized spacial score (nSPS) is 12.5. The van der Waals surface area contributed by atoms with Gasteiger partial charge in [-0.05, 0) is 24.6 Å². The Morgan fingerprint density at radius 2 is 1.76 bits per heavy atom. The molecular weight excluding hydrogens is 354 g/mol. The van der Waals surface area contributed by atoms with Gasteiger partial charge >= 0.3 is 0 Å². The molecule has 2 rings (SSSR count). The largest absolute Gasteiger partial charge is 0.400 e. The maximum atomic E-state index is 12.1. The smallest absolute Gasteiger partial charge is 0.176 e. The molecule has 0 aliphatic heterocycles. The predicted octanol–water partition coefficient (Wildman–Crippen LogP) is 4.34. The molecule has 2 aromatic carbocycles. The molecule has 0 aliphatic carbocycles. The fourth-order valence-electron chi connectivity index (χ4n) is 2.00. The van der Waals surface area contributed by atoms with Gasteiger partial charge in [-0.1, -0.05) is 44.2 Å². The monoisotopic (exact) mass is 379 g/mol. The zero-order chi connectivity index (χ0) is 18.9. The van der Waals surface area contributed by atoms with Crippen molar-refractivity contribution in [1.82, 2.24) is 0 Å². The fraction of sp³-hybridized carbons (Fsp3) is 0.316. The molecule has 0 saturated heterocycles. The molecule has 4 nitrogen and oxygen atoms in total. The van der Waals surface area contributed by atoms with Crippen LogP contribution in [0.3, 0.4) is 0 Å². The Kier molecular flexibility index (Phi) is 8.89. The zero-order valence-corrected chi connectivity index (χ0v) is 16.6. The first-order valence-electron chi connectivity index (χ1n) is 7.95. The van der Waals surface area contributed by atoms with Gasteiger partial charge in [0.25, 0.3) is 0 Å². The van der Waals surface area contributed by atoms with E-state index in [2.05, 4.69) is 18.8 Å². The van der Waals surface area contributed by atoms with Gasteiger partial charge in [0.15, 0.2) is 9.84 Å². The van der Waals surface area contributed by atoms with Crippen molar-refractivity contribution in [3.63, 3.8) is 0 Å². The van der Waals surface area contributed by atoms with Gasteiger partial charge in [-0.25, -0.2) is 8.42 Å². The second kappa shape index (κ2) is 10.4. The van der Waals surface area contributed by atoms with Crippen LogP contribution in [0.5, 0.6) is 0 Å². The zero-order valence-electron chi connectivity index (χ0n) is 15.0. The highest BCUT2D eigenvalue weighted by Gasteiger charge is 2.18. The first-order valence-corrected chi connectivity index (χ1v) is 10.7. The number of para-hydroxylation sites is 1. The van der Waals surface area contributed by atoms with Gasteiger partial charge in [-0.2, -0.15) is 0 Å². The Morgan fingerprint density at radius 3 is 2.32 bits per heavy atom. The lowest BCUT2D eigenvalue weighted by molar-refractivity contribution is 0.399. The highest BCUT2D eigenvalue weighted by Crippen LogP contribution is 2.33. The lowest BCUT2D eigenvalue weighted by Gasteiger charge is -2.14. The number of aliphatic hydroxyl groups is 1. The van der Waals surface area contributed by atoms with Crippen molar-refractivity contribution in [2.24, 2.45) is 4.99 Å². The number of hydrogen-bond donors (Lipinski definition) is 1. The summed E-state index contributed by atoms with van der Waals surface area (Å²) in [5.74, 6) is 0. The Bertz CT molecular complexity index is 788. The molecule has 0 radical (unpaired) electrons. The van der Waals surface area contributed by atoms with Crippen LogP contribution in [0.4, 0.5) is 5.69 Å². The van der Waals surface area contributed by atoms with Gasteiger partial charge < -0.3 is 5.11 Å². The Balaban J connectivity index is 0.00000151. The van der Waals surface area contributed by atoms with Crippen molar-refractivity contribution in [3.8, 4) is 0 Å². The summed E-state index contributed by atoms with van der Waals surface area (Å²) in [4.78, 5) is 5.62. The van der Waals surface area contributed by atoms with Crippen molar-refractivity contribution in [2.45, 2.75) is 35.3 Å². The van der Waals surface area contributed by atoms with Crippen molar-refractivity contribution in [2.75, 3.05) is 13.4 Å². The molecule has 1 unspecified atom stereocenters. The molecular formula is C19H25NO3S2. The quantitative estimate of drug-likeness (QED) is 0.599. The van der Waals surface area contributed by atoms with Crippen LogP contribution in [-0.4, -0.2) is 38.4 Å². The Hall–Kier alpha value is -1.63. The van der Waals surface area contributed by atoms with E-state index in [4.69, 9.17) is 5.11 Å². The molecule has 0 heterocycles. The Morgan fingerprint density at radius 1 is 1.12 bits per heavy atom. The van der Waals surface area contributed by atoms with Gasteiger partial charge in [0.1, 0.15) is 0 Å². The van der Waals surface area contributed by atoms with E-state index in [1.165, 1.54) is 6.26 Å². The summed E-state index contributed by atoms with van der Waals surface area (Å²) in [5.41, 5.74) is 1.68. The number of sulfone groups is 1. The molecule has 0 spiro atoms. The SMILES string of the molecule is CCC(C)Sc1c(C=Nc2ccccc2)cccc1S(C)(=O)=O.CO. The summed E-state index contributed by atoms with van der Waals surface area (Å²) in [6.45, 7) is 4.19. The highest BCUT2D eigenvalue weighted by atomic mass is 32.2. The van der Waals surface area contributed by atoms with Gasteiger partial charge in [0, 0.05) is 35.3 Å². The summed E-state index contributed by atoms with van der Waals surface area (Å²) < 4.78 is 24.2. The number of aliphatic hydroxyl groups excluding tert-OH is 1. The fourth-order valence-corrected chi connectivity index (χ4v) is 4.38. The van der Waals surface area contributed by atoms with Crippen molar-refractivity contribution < 1.29 is 13.5 Å². The number of rotatable bonds is 6. The number of thioether (sulfide) groups is 1. The highest BCUT2D eigenvalue weighted by molar-refractivity contribution is 8.00. The standard InChI is InChI=1S/C18H21NO2S2.CH4O/c1-4-14(2)22-18-15(9-8-12-17(18)23(3,20)21)13-19-16-10-6-5-7-11-16;1-2/h5-14H,4H2,1-3H3;2H,1H3. The first kappa shape index (κ1) is 21.4. The minimum Gasteiger partial charge on any atom is -0.400 e.